The number of aromatic carboxylic acids is 1. The smallest absolute Gasteiger partial charge is 0.335 e. The van der Waals surface area contributed by atoms with Gasteiger partial charge in [0.25, 0.3) is 0 Å². The maximum atomic E-state index is 14.7. The Morgan fingerprint density at radius 2 is 1.90 bits per heavy atom. The number of carbonyl (C=O) groups is 1. The molecule has 214 valence electrons. The number of aromatic nitrogens is 4. The SMILES string of the molecule is O=C(O)c1ccc2nc(CN3CCN(c4nc(OCc5ccc(Cl)cc5F)ncc4F)CC3)n(CC3CCO3)c2c1. The number of rotatable bonds is 9. The third-order valence-electron chi connectivity index (χ3n) is 7.37. The zero-order valence-electron chi connectivity index (χ0n) is 22.0. The Kier molecular flexibility index (Phi) is 7.69. The van der Waals surface area contributed by atoms with Gasteiger partial charge in [0.05, 0.1) is 42.0 Å². The van der Waals surface area contributed by atoms with Crippen LogP contribution in [0, 0.1) is 11.6 Å². The molecule has 2 saturated heterocycles. The number of carboxylic acid groups (broad SMARTS) is 1. The zero-order valence-corrected chi connectivity index (χ0v) is 22.7. The van der Waals surface area contributed by atoms with Crippen LogP contribution in [0.15, 0.2) is 42.6 Å². The second-order valence-corrected chi connectivity index (χ2v) is 10.5. The van der Waals surface area contributed by atoms with Gasteiger partial charge in [0.15, 0.2) is 11.6 Å². The molecule has 2 aromatic carbocycles. The second-order valence-electron chi connectivity index (χ2n) is 10.0. The first-order valence-corrected chi connectivity index (χ1v) is 13.6. The molecule has 2 aromatic heterocycles. The van der Waals surface area contributed by atoms with E-state index in [0.29, 0.717) is 39.3 Å². The molecule has 0 spiro atoms. The Morgan fingerprint density at radius 1 is 1.10 bits per heavy atom. The number of anilines is 1. The van der Waals surface area contributed by atoms with Crippen molar-refractivity contribution in [1.82, 2.24) is 24.4 Å². The first-order valence-electron chi connectivity index (χ1n) is 13.2. The van der Waals surface area contributed by atoms with Crippen molar-refractivity contribution in [1.29, 1.82) is 0 Å². The van der Waals surface area contributed by atoms with Gasteiger partial charge in [-0.3, -0.25) is 4.90 Å². The number of imidazole rings is 1. The van der Waals surface area contributed by atoms with Crippen molar-refractivity contribution >= 4 is 34.4 Å². The molecular weight excluding hydrogens is 558 g/mol. The summed E-state index contributed by atoms with van der Waals surface area (Å²) in [5, 5.41) is 9.75. The van der Waals surface area contributed by atoms with Gasteiger partial charge in [0.1, 0.15) is 18.2 Å². The minimum atomic E-state index is -0.986. The standard InChI is InChI=1S/C28H27ClF2N6O4/c29-19-3-1-18(21(30)12-19)16-41-28-32-13-22(31)26(34-28)36-8-6-35(7-9-36)15-25-33-23-4-2-17(27(38)39)11-24(23)37(25)14-20-5-10-40-20/h1-4,11-13,20H,5-10,14-16H2,(H,38,39). The number of benzene rings is 2. The number of halogens is 3. The van der Waals surface area contributed by atoms with Crippen LogP contribution in [-0.4, -0.2) is 74.4 Å². The molecule has 41 heavy (non-hydrogen) atoms. The number of piperazine rings is 1. The van der Waals surface area contributed by atoms with Gasteiger partial charge >= 0.3 is 12.0 Å². The van der Waals surface area contributed by atoms with E-state index in [0.717, 1.165) is 36.1 Å². The van der Waals surface area contributed by atoms with Crippen molar-refractivity contribution in [3.05, 3.63) is 76.2 Å². The average Bonchev–Trinajstić information content (AvgIpc) is 3.27. The van der Waals surface area contributed by atoms with Gasteiger partial charge < -0.3 is 24.0 Å². The predicted molar refractivity (Wildman–Crippen MR) is 146 cm³/mol. The molecule has 2 fully saturated rings. The van der Waals surface area contributed by atoms with Gasteiger partial charge in [0, 0.05) is 43.4 Å². The molecule has 1 N–H and O–H groups in total. The highest BCUT2D eigenvalue weighted by Gasteiger charge is 2.26. The molecule has 2 aliphatic heterocycles. The van der Waals surface area contributed by atoms with Gasteiger partial charge in [0.2, 0.25) is 0 Å². The number of ether oxygens (including phenoxy) is 2. The first kappa shape index (κ1) is 27.3. The molecule has 4 aromatic rings. The van der Waals surface area contributed by atoms with Crippen LogP contribution in [0.3, 0.4) is 0 Å². The van der Waals surface area contributed by atoms with Gasteiger partial charge in [-0.15, -0.1) is 0 Å². The molecule has 1 unspecified atom stereocenters. The van der Waals surface area contributed by atoms with Crippen LogP contribution in [0.5, 0.6) is 6.01 Å². The fourth-order valence-electron chi connectivity index (χ4n) is 4.99. The number of hydrogen-bond acceptors (Lipinski definition) is 8. The molecule has 13 heteroatoms. The maximum Gasteiger partial charge on any atom is 0.335 e. The number of nitrogens with zero attached hydrogens (tertiary/aromatic N) is 6. The lowest BCUT2D eigenvalue weighted by molar-refractivity contribution is -0.0592. The van der Waals surface area contributed by atoms with Crippen LogP contribution in [0.1, 0.15) is 28.2 Å². The normalized spacial score (nSPS) is 17.5. The molecule has 0 aliphatic carbocycles. The van der Waals surface area contributed by atoms with E-state index < -0.39 is 17.6 Å². The summed E-state index contributed by atoms with van der Waals surface area (Å²) < 4.78 is 42.0. The van der Waals surface area contributed by atoms with Crippen LogP contribution in [0.4, 0.5) is 14.6 Å². The van der Waals surface area contributed by atoms with Gasteiger partial charge in [-0.25, -0.2) is 23.5 Å². The van der Waals surface area contributed by atoms with E-state index >= 15 is 0 Å². The van der Waals surface area contributed by atoms with E-state index in [9.17, 15) is 18.7 Å². The van der Waals surface area contributed by atoms with E-state index in [2.05, 4.69) is 19.4 Å². The lowest BCUT2D eigenvalue weighted by atomic mass is 10.1. The fraction of sp³-hybridized carbons (Fsp3) is 0.357. The predicted octanol–water partition coefficient (Wildman–Crippen LogP) is 4.15. The summed E-state index contributed by atoms with van der Waals surface area (Å²) in [6.45, 7) is 4.01. The third kappa shape index (κ3) is 5.95. The Morgan fingerprint density at radius 3 is 2.61 bits per heavy atom. The van der Waals surface area contributed by atoms with Crippen molar-refractivity contribution in [3.8, 4) is 6.01 Å². The Balaban J connectivity index is 1.13. The molecule has 4 heterocycles. The van der Waals surface area contributed by atoms with Crippen LogP contribution < -0.4 is 9.64 Å². The number of fused-ring (bicyclic) bond motifs is 1. The van der Waals surface area contributed by atoms with E-state index in [1.165, 1.54) is 12.1 Å². The molecule has 2 aliphatic rings. The summed E-state index contributed by atoms with van der Waals surface area (Å²) in [5.74, 6) is -1.11. The van der Waals surface area contributed by atoms with Crippen molar-refractivity contribution in [2.45, 2.75) is 32.2 Å². The van der Waals surface area contributed by atoms with Gasteiger partial charge in [-0.1, -0.05) is 17.7 Å². The van der Waals surface area contributed by atoms with Crippen LogP contribution >= 0.6 is 11.6 Å². The summed E-state index contributed by atoms with van der Waals surface area (Å²) in [5.41, 5.74) is 1.99. The Bertz CT molecular complexity index is 1590. The molecule has 0 saturated carbocycles. The Labute approximate surface area is 239 Å². The maximum absolute atomic E-state index is 14.7. The highest BCUT2D eigenvalue weighted by atomic mass is 35.5. The molecule has 1 atom stereocenters. The van der Waals surface area contributed by atoms with E-state index in [-0.39, 0.29) is 40.7 Å². The largest absolute Gasteiger partial charge is 0.478 e. The lowest BCUT2D eigenvalue weighted by Crippen LogP contribution is -2.47. The van der Waals surface area contributed by atoms with Crippen LogP contribution in [0.25, 0.3) is 11.0 Å². The van der Waals surface area contributed by atoms with Gasteiger partial charge in [-0.05, 0) is 36.8 Å². The molecular formula is C28H27ClF2N6O4. The fourth-order valence-corrected chi connectivity index (χ4v) is 5.15. The molecule has 6 rings (SSSR count). The minimum absolute atomic E-state index is 0.0501. The molecule has 0 bridgehead atoms. The second kappa shape index (κ2) is 11.6. The number of hydrogen-bond donors (Lipinski definition) is 1. The summed E-state index contributed by atoms with van der Waals surface area (Å²) in [4.78, 5) is 28.6. The highest BCUT2D eigenvalue weighted by Crippen LogP contribution is 2.25. The monoisotopic (exact) mass is 584 g/mol. The summed E-state index contributed by atoms with van der Waals surface area (Å²) in [7, 11) is 0. The Hall–Kier alpha value is -3.87. The molecule has 10 nitrogen and oxygen atoms in total. The van der Waals surface area contributed by atoms with E-state index in [4.69, 9.17) is 26.1 Å². The zero-order chi connectivity index (χ0) is 28.5. The summed E-state index contributed by atoms with van der Waals surface area (Å²) >= 11 is 5.80. The lowest BCUT2D eigenvalue weighted by Gasteiger charge is -2.35. The van der Waals surface area contributed by atoms with Crippen molar-refractivity contribution in [3.63, 3.8) is 0 Å². The minimum Gasteiger partial charge on any atom is -0.478 e. The summed E-state index contributed by atoms with van der Waals surface area (Å²) in [6, 6.07) is 9.17. The highest BCUT2D eigenvalue weighted by molar-refractivity contribution is 6.30. The molecule has 0 amide bonds. The molecule has 0 radical (unpaired) electrons. The quantitative estimate of drug-likeness (QED) is 0.311. The van der Waals surface area contributed by atoms with E-state index in [1.54, 1.807) is 24.3 Å². The number of carboxylic acids is 1. The van der Waals surface area contributed by atoms with Crippen LogP contribution in [0.2, 0.25) is 5.02 Å². The first-order chi connectivity index (χ1) is 19.8. The van der Waals surface area contributed by atoms with Gasteiger partial charge in [-0.2, -0.15) is 4.98 Å². The van der Waals surface area contributed by atoms with Crippen molar-refractivity contribution in [2.24, 2.45) is 0 Å². The van der Waals surface area contributed by atoms with Crippen molar-refractivity contribution in [2.75, 3.05) is 37.7 Å². The third-order valence-corrected chi connectivity index (χ3v) is 7.60. The topological polar surface area (TPSA) is 106 Å². The van der Waals surface area contributed by atoms with Crippen molar-refractivity contribution < 1.29 is 28.2 Å². The van der Waals surface area contributed by atoms with E-state index in [1.807, 2.05) is 4.90 Å². The van der Waals surface area contributed by atoms with Crippen LogP contribution in [-0.2, 0) is 24.4 Å². The summed E-state index contributed by atoms with van der Waals surface area (Å²) in [6.07, 6.45) is 2.07. The average molecular weight is 585 g/mol.